The summed E-state index contributed by atoms with van der Waals surface area (Å²) in [5.74, 6) is -1.90. The maximum absolute atomic E-state index is 13.6. The number of anilines is 2. The van der Waals surface area contributed by atoms with Gasteiger partial charge in [0, 0.05) is 6.42 Å². The zero-order valence-electron chi connectivity index (χ0n) is 17.9. The van der Waals surface area contributed by atoms with E-state index in [1.165, 1.54) is 16.7 Å². The Morgan fingerprint density at radius 1 is 0.867 bits per heavy atom. The molecule has 1 aliphatic rings. The van der Waals surface area contributed by atoms with Crippen LogP contribution in [-0.2, 0) is 14.4 Å². The van der Waals surface area contributed by atoms with E-state index in [2.05, 4.69) is 0 Å². The minimum absolute atomic E-state index is 0.0717. The van der Waals surface area contributed by atoms with Gasteiger partial charge >= 0.3 is 0 Å². The topological polar surface area (TPSA) is 57.7 Å². The molecule has 0 unspecified atom stereocenters. The molecule has 1 saturated heterocycles. The van der Waals surface area contributed by atoms with Gasteiger partial charge in [0.25, 0.3) is 0 Å². The molecule has 1 aliphatic heterocycles. The summed E-state index contributed by atoms with van der Waals surface area (Å²) >= 11 is 5.64. The number of Topliss-reactive ketones (excluding diaryl/α,β-unsaturated/α-hetero) is 1. The zero-order valence-corrected chi connectivity index (χ0v) is 18.7. The second kappa shape index (κ2) is 8.11. The second-order valence-electron chi connectivity index (χ2n) is 8.60. The Balaban J connectivity index is 2.15. The molecule has 3 rings (SSSR count). The quantitative estimate of drug-likeness (QED) is 0.522. The second-order valence-corrected chi connectivity index (χ2v) is 8.97. The number of hydrogen-bond donors (Lipinski definition) is 0. The van der Waals surface area contributed by atoms with Crippen molar-refractivity contribution in [1.82, 2.24) is 0 Å². The Morgan fingerprint density at radius 3 is 1.57 bits per heavy atom. The number of benzene rings is 2. The number of ketones is 1. The summed E-state index contributed by atoms with van der Waals surface area (Å²) < 4.78 is 0. The molecule has 0 N–H and O–H groups in total. The Labute approximate surface area is 182 Å². The standard InChI is InChI=1S/C24H26N2O3S/c1-15-6-10-18(11-7-15)25-21(28)20(24(4,5)14-17(3)27)22(29)26(23(25)30)19-12-8-16(2)9-13-19/h6-13,20H,14H2,1-5H3. The molecule has 1 fully saturated rings. The lowest BCUT2D eigenvalue weighted by Crippen LogP contribution is -2.63. The first-order valence-electron chi connectivity index (χ1n) is 9.87. The number of aryl methyl sites for hydroxylation is 2. The lowest BCUT2D eigenvalue weighted by Gasteiger charge is -2.44. The van der Waals surface area contributed by atoms with Crippen LogP contribution in [-0.4, -0.2) is 22.7 Å². The molecule has 5 nitrogen and oxygen atoms in total. The van der Waals surface area contributed by atoms with Gasteiger partial charge in [0.05, 0.1) is 11.4 Å². The van der Waals surface area contributed by atoms with Crippen LogP contribution >= 0.6 is 12.2 Å². The summed E-state index contributed by atoms with van der Waals surface area (Å²) in [6, 6.07) is 14.9. The van der Waals surface area contributed by atoms with Crippen molar-refractivity contribution in [3.05, 3.63) is 59.7 Å². The number of amides is 2. The lowest BCUT2D eigenvalue weighted by molar-refractivity contribution is -0.138. The van der Waals surface area contributed by atoms with Crippen LogP contribution in [0.25, 0.3) is 0 Å². The van der Waals surface area contributed by atoms with Gasteiger partial charge in [-0.1, -0.05) is 49.2 Å². The third kappa shape index (κ3) is 4.05. The van der Waals surface area contributed by atoms with Gasteiger partial charge < -0.3 is 4.79 Å². The normalized spacial score (nSPS) is 15.7. The van der Waals surface area contributed by atoms with Gasteiger partial charge in [0.15, 0.2) is 5.11 Å². The van der Waals surface area contributed by atoms with E-state index < -0.39 is 23.1 Å². The van der Waals surface area contributed by atoms with E-state index in [4.69, 9.17) is 12.2 Å². The summed E-state index contributed by atoms with van der Waals surface area (Å²) in [7, 11) is 0. The van der Waals surface area contributed by atoms with Crippen LogP contribution in [0.1, 0.15) is 38.3 Å². The van der Waals surface area contributed by atoms with E-state index in [0.717, 1.165) is 11.1 Å². The molecule has 6 heteroatoms. The van der Waals surface area contributed by atoms with Crippen LogP contribution < -0.4 is 9.80 Å². The van der Waals surface area contributed by atoms with E-state index in [1.54, 1.807) is 13.8 Å². The summed E-state index contributed by atoms with van der Waals surface area (Å²) in [5, 5.41) is 0.118. The fraction of sp³-hybridized carbons (Fsp3) is 0.333. The number of nitrogens with zero attached hydrogens (tertiary/aromatic N) is 2. The number of carbonyl (C=O) groups excluding carboxylic acids is 3. The minimum Gasteiger partial charge on any atom is -0.300 e. The van der Waals surface area contributed by atoms with Gasteiger partial charge in [0.1, 0.15) is 11.7 Å². The Bertz CT molecular complexity index is 942. The molecule has 0 aliphatic carbocycles. The van der Waals surface area contributed by atoms with E-state index in [9.17, 15) is 14.4 Å². The molecule has 2 aromatic carbocycles. The van der Waals surface area contributed by atoms with Gasteiger partial charge in [-0.15, -0.1) is 0 Å². The third-order valence-electron chi connectivity index (χ3n) is 5.39. The average Bonchev–Trinajstić information content (AvgIpc) is 2.63. The van der Waals surface area contributed by atoms with Crippen molar-refractivity contribution >= 4 is 46.3 Å². The predicted molar refractivity (Wildman–Crippen MR) is 122 cm³/mol. The van der Waals surface area contributed by atoms with Crippen molar-refractivity contribution in [3.63, 3.8) is 0 Å². The van der Waals surface area contributed by atoms with Crippen molar-refractivity contribution in [2.24, 2.45) is 11.3 Å². The summed E-state index contributed by atoms with van der Waals surface area (Å²) in [5.41, 5.74) is 2.44. The van der Waals surface area contributed by atoms with E-state index in [0.29, 0.717) is 11.4 Å². The number of rotatable bonds is 5. The Morgan fingerprint density at radius 2 is 1.23 bits per heavy atom. The van der Waals surface area contributed by atoms with Crippen molar-refractivity contribution in [3.8, 4) is 0 Å². The highest BCUT2D eigenvalue weighted by atomic mass is 32.1. The molecule has 1 heterocycles. The van der Waals surface area contributed by atoms with E-state index in [-0.39, 0.29) is 17.3 Å². The highest BCUT2D eigenvalue weighted by molar-refractivity contribution is 7.81. The number of carbonyl (C=O) groups is 3. The molecule has 2 aromatic rings. The molecule has 0 atom stereocenters. The Hall–Kier alpha value is -2.86. The van der Waals surface area contributed by atoms with Crippen LogP contribution in [0.15, 0.2) is 48.5 Å². The highest BCUT2D eigenvalue weighted by Crippen LogP contribution is 2.39. The van der Waals surface area contributed by atoms with Crippen LogP contribution in [0.2, 0.25) is 0 Å². The van der Waals surface area contributed by atoms with Crippen molar-refractivity contribution in [2.75, 3.05) is 9.80 Å². The monoisotopic (exact) mass is 422 g/mol. The molecule has 156 valence electrons. The fourth-order valence-corrected chi connectivity index (χ4v) is 4.32. The van der Waals surface area contributed by atoms with Crippen molar-refractivity contribution in [2.45, 2.75) is 41.0 Å². The summed E-state index contributed by atoms with van der Waals surface area (Å²) in [6.45, 7) is 8.95. The maximum atomic E-state index is 13.6. The first-order valence-corrected chi connectivity index (χ1v) is 10.3. The lowest BCUT2D eigenvalue weighted by atomic mass is 9.73. The molecule has 0 bridgehead atoms. The van der Waals surface area contributed by atoms with Crippen LogP contribution in [0.4, 0.5) is 11.4 Å². The van der Waals surface area contributed by atoms with E-state index in [1.807, 2.05) is 62.4 Å². The number of hydrogen-bond acceptors (Lipinski definition) is 4. The van der Waals surface area contributed by atoms with Crippen molar-refractivity contribution < 1.29 is 14.4 Å². The molecular formula is C24H26N2O3S. The van der Waals surface area contributed by atoms with Gasteiger partial charge in [0.2, 0.25) is 11.8 Å². The van der Waals surface area contributed by atoms with E-state index >= 15 is 0 Å². The van der Waals surface area contributed by atoms with Gasteiger partial charge in [-0.3, -0.25) is 19.4 Å². The van der Waals surface area contributed by atoms with Gasteiger partial charge in [-0.05, 0) is 62.7 Å². The third-order valence-corrected chi connectivity index (χ3v) is 5.75. The smallest absolute Gasteiger partial charge is 0.246 e. The first kappa shape index (κ1) is 21.8. The molecule has 0 saturated carbocycles. The van der Waals surface area contributed by atoms with Crippen LogP contribution in [0.3, 0.4) is 0 Å². The zero-order chi connectivity index (χ0) is 22.2. The molecular weight excluding hydrogens is 396 g/mol. The highest BCUT2D eigenvalue weighted by Gasteiger charge is 2.51. The van der Waals surface area contributed by atoms with Crippen LogP contribution in [0, 0.1) is 25.2 Å². The fourth-order valence-electron chi connectivity index (χ4n) is 3.93. The maximum Gasteiger partial charge on any atom is 0.246 e. The molecule has 0 aromatic heterocycles. The Kier molecular flexibility index (Phi) is 5.90. The van der Waals surface area contributed by atoms with Gasteiger partial charge in [-0.2, -0.15) is 0 Å². The average molecular weight is 423 g/mol. The molecule has 30 heavy (non-hydrogen) atoms. The predicted octanol–water partition coefficient (Wildman–Crippen LogP) is 4.59. The minimum atomic E-state index is -1.03. The molecule has 0 spiro atoms. The first-order chi connectivity index (χ1) is 14.0. The largest absolute Gasteiger partial charge is 0.300 e. The van der Waals surface area contributed by atoms with Crippen LogP contribution in [0.5, 0.6) is 0 Å². The number of thiocarbonyl (C=S) groups is 1. The van der Waals surface area contributed by atoms with Crippen molar-refractivity contribution in [1.29, 1.82) is 0 Å². The molecule has 2 amide bonds. The van der Waals surface area contributed by atoms with Gasteiger partial charge in [-0.25, -0.2) is 0 Å². The summed E-state index contributed by atoms with van der Waals surface area (Å²) in [6.07, 6.45) is 0.116. The summed E-state index contributed by atoms with van der Waals surface area (Å²) in [4.78, 5) is 41.9. The molecule has 0 radical (unpaired) electrons. The SMILES string of the molecule is CC(=O)CC(C)(C)C1C(=O)N(c2ccc(C)cc2)C(=S)N(c2ccc(C)cc2)C1=O.